The molecule has 0 aliphatic heterocycles. The molecule has 1 aromatic rings. The molecule has 0 bridgehead atoms. The van der Waals surface area contributed by atoms with Crippen LogP contribution >= 0.6 is 0 Å². The smallest absolute Gasteiger partial charge is 0.417 e. The zero-order chi connectivity index (χ0) is 14.5. The van der Waals surface area contributed by atoms with Crippen LogP contribution in [0.3, 0.4) is 0 Å². The minimum atomic E-state index is -4.70. The zero-order valence-electron chi connectivity index (χ0n) is 9.49. The van der Waals surface area contributed by atoms with Crippen LogP contribution in [0.15, 0.2) is 18.2 Å². The molecule has 0 spiro atoms. The average Bonchev–Trinajstić information content (AvgIpc) is 2.35. The molecule has 0 aliphatic carbocycles. The summed E-state index contributed by atoms with van der Waals surface area (Å²) in [6.07, 6.45) is -5.69. The normalized spacial score (nSPS) is 10.7. The molecule has 0 saturated heterocycles. The van der Waals surface area contributed by atoms with Gasteiger partial charge in [-0.15, -0.1) is 0 Å². The number of carbonyl (C=O) groups excluding carboxylic acids is 1. The molecule has 0 fully saturated rings. The molecule has 8 heteroatoms. The number of amides is 1. The van der Waals surface area contributed by atoms with E-state index in [4.69, 9.17) is 10.4 Å². The van der Waals surface area contributed by atoms with Gasteiger partial charge < -0.3 is 9.84 Å². The Kier molecular flexibility index (Phi) is 4.72. The van der Waals surface area contributed by atoms with E-state index >= 15 is 0 Å². The lowest BCUT2D eigenvalue weighted by Gasteiger charge is -2.11. The number of aliphatic hydroxyl groups excluding tert-OH is 1. The lowest BCUT2D eigenvalue weighted by Crippen LogP contribution is -2.16. The molecule has 102 valence electrons. The van der Waals surface area contributed by atoms with Gasteiger partial charge in [0, 0.05) is 5.69 Å². The van der Waals surface area contributed by atoms with Crippen molar-refractivity contribution < 1.29 is 27.8 Å². The van der Waals surface area contributed by atoms with Crippen LogP contribution in [-0.4, -0.2) is 24.4 Å². The van der Waals surface area contributed by atoms with Crippen molar-refractivity contribution >= 4 is 11.8 Å². The summed E-state index contributed by atoms with van der Waals surface area (Å²) in [5.41, 5.74) is -1.84. The number of carbonyl (C=O) groups is 1. The number of rotatable bonds is 3. The summed E-state index contributed by atoms with van der Waals surface area (Å²) in [5.74, 6) is 0. The number of hydrogen-bond donors (Lipinski definition) is 2. The van der Waals surface area contributed by atoms with Crippen molar-refractivity contribution in [1.29, 1.82) is 5.26 Å². The van der Waals surface area contributed by atoms with Gasteiger partial charge in [-0.1, -0.05) is 0 Å². The predicted molar refractivity (Wildman–Crippen MR) is 58.2 cm³/mol. The van der Waals surface area contributed by atoms with E-state index in [1.54, 1.807) is 0 Å². The van der Waals surface area contributed by atoms with E-state index in [2.05, 4.69) is 10.1 Å². The van der Waals surface area contributed by atoms with Gasteiger partial charge in [0.15, 0.2) is 0 Å². The molecular formula is C11H9F3N2O3. The van der Waals surface area contributed by atoms with Gasteiger partial charge in [-0.2, -0.15) is 18.4 Å². The number of ether oxygens (including phenoxy) is 1. The molecule has 0 heterocycles. The number of nitriles is 1. The number of aliphatic hydroxyl groups is 1. The SMILES string of the molecule is N#Cc1ccc(NC(=O)OCCO)cc1C(F)(F)F. The highest BCUT2D eigenvalue weighted by molar-refractivity contribution is 5.84. The number of hydrogen-bond acceptors (Lipinski definition) is 4. The summed E-state index contributed by atoms with van der Waals surface area (Å²) in [6, 6.07) is 4.15. The van der Waals surface area contributed by atoms with E-state index in [9.17, 15) is 18.0 Å². The van der Waals surface area contributed by atoms with Crippen molar-refractivity contribution in [2.45, 2.75) is 6.18 Å². The van der Waals surface area contributed by atoms with Gasteiger partial charge in [0.25, 0.3) is 0 Å². The number of benzene rings is 1. The maximum atomic E-state index is 12.6. The highest BCUT2D eigenvalue weighted by Gasteiger charge is 2.33. The molecule has 0 aliphatic rings. The maximum absolute atomic E-state index is 12.6. The molecule has 0 aromatic heterocycles. The second-order valence-electron chi connectivity index (χ2n) is 3.35. The summed E-state index contributed by atoms with van der Waals surface area (Å²) >= 11 is 0. The Morgan fingerprint density at radius 1 is 1.47 bits per heavy atom. The van der Waals surface area contributed by atoms with Crippen LogP contribution in [0, 0.1) is 11.3 Å². The van der Waals surface area contributed by atoms with Gasteiger partial charge in [0.2, 0.25) is 0 Å². The molecule has 0 saturated carbocycles. The lowest BCUT2D eigenvalue weighted by atomic mass is 10.1. The van der Waals surface area contributed by atoms with Crippen LogP contribution in [0.4, 0.5) is 23.7 Å². The zero-order valence-corrected chi connectivity index (χ0v) is 9.49. The Labute approximate surface area is 106 Å². The Balaban J connectivity index is 2.94. The molecule has 5 nitrogen and oxygen atoms in total. The van der Waals surface area contributed by atoms with Crippen LogP contribution < -0.4 is 5.32 Å². The van der Waals surface area contributed by atoms with Gasteiger partial charge in [-0.25, -0.2) is 4.79 Å². The fourth-order valence-electron chi connectivity index (χ4n) is 1.25. The first-order valence-corrected chi connectivity index (χ1v) is 5.04. The van der Waals surface area contributed by atoms with Crippen LogP contribution in [-0.2, 0) is 10.9 Å². The minimum absolute atomic E-state index is 0.158. The molecule has 19 heavy (non-hydrogen) atoms. The van der Waals surface area contributed by atoms with Gasteiger partial charge in [-0.3, -0.25) is 5.32 Å². The van der Waals surface area contributed by atoms with Gasteiger partial charge in [0.1, 0.15) is 6.61 Å². The molecular weight excluding hydrogens is 265 g/mol. The number of nitrogens with one attached hydrogen (secondary N) is 1. The highest BCUT2D eigenvalue weighted by atomic mass is 19.4. The standard InChI is InChI=1S/C11H9F3N2O3/c12-11(13,14)9-5-8(2-1-7(9)6-15)16-10(18)19-4-3-17/h1-2,5,17H,3-4H2,(H,16,18). The Bertz CT molecular complexity index is 509. The largest absolute Gasteiger partial charge is 0.447 e. The van der Waals surface area contributed by atoms with Gasteiger partial charge >= 0.3 is 12.3 Å². The summed E-state index contributed by atoms with van der Waals surface area (Å²) in [5, 5.41) is 19.1. The van der Waals surface area contributed by atoms with Crippen molar-refractivity contribution in [1.82, 2.24) is 0 Å². The number of nitrogens with zero attached hydrogens (tertiary/aromatic N) is 1. The fraction of sp³-hybridized carbons (Fsp3) is 0.273. The third-order valence-electron chi connectivity index (χ3n) is 2.02. The molecule has 1 aromatic carbocycles. The summed E-state index contributed by atoms with van der Waals surface area (Å²) in [6.45, 7) is -0.664. The third-order valence-corrected chi connectivity index (χ3v) is 2.02. The maximum Gasteiger partial charge on any atom is 0.417 e. The van der Waals surface area contributed by atoms with E-state index < -0.39 is 30.0 Å². The predicted octanol–water partition coefficient (Wildman–Crippen LogP) is 2.12. The minimum Gasteiger partial charge on any atom is -0.447 e. The lowest BCUT2D eigenvalue weighted by molar-refractivity contribution is -0.137. The Morgan fingerprint density at radius 3 is 2.68 bits per heavy atom. The second-order valence-corrected chi connectivity index (χ2v) is 3.35. The molecule has 0 atom stereocenters. The first kappa shape index (κ1) is 14.8. The molecule has 1 rings (SSSR count). The van der Waals surface area contributed by atoms with E-state index in [1.165, 1.54) is 6.07 Å². The summed E-state index contributed by atoms with van der Waals surface area (Å²) in [4.78, 5) is 11.1. The van der Waals surface area contributed by atoms with Crippen molar-refractivity contribution in [3.8, 4) is 6.07 Å². The van der Waals surface area contributed by atoms with Crippen LogP contribution in [0.5, 0.6) is 0 Å². The van der Waals surface area contributed by atoms with E-state index in [-0.39, 0.29) is 12.3 Å². The molecule has 0 unspecified atom stereocenters. The quantitative estimate of drug-likeness (QED) is 0.884. The number of anilines is 1. The Hall–Kier alpha value is -2.27. The van der Waals surface area contributed by atoms with Crippen LogP contribution in [0.2, 0.25) is 0 Å². The van der Waals surface area contributed by atoms with E-state index in [0.29, 0.717) is 6.07 Å². The third kappa shape index (κ3) is 4.15. The number of alkyl halides is 3. The number of halogens is 3. The van der Waals surface area contributed by atoms with Crippen molar-refractivity contribution in [2.75, 3.05) is 18.5 Å². The summed E-state index contributed by atoms with van der Waals surface area (Å²) < 4.78 is 42.3. The highest BCUT2D eigenvalue weighted by Crippen LogP contribution is 2.33. The molecule has 2 N–H and O–H groups in total. The van der Waals surface area contributed by atoms with Crippen molar-refractivity contribution in [3.63, 3.8) is 0 Å². The van der Waals surface area contributed by atoms with Gasteiger partial charge in [-0.05, 0) is 18.2 Å². The van der Waals surface area contributed by atoms with Gasteiger partial charge in [0.05, 0.1) is 23.8 Å². The van der Waals surface area contributed by atoms with Crippen molar-refractivity contribution in [2.24, 2.45) is 0 Å². The second kappa shape index (κ2) is 6.06. The Morgan fingerprint density at radius 2 is 2.16 bits per heavy atom. The van der Waals surface area contributed by atoms with E-state index in [0.717, 1.165) is 12.1 Å². The van der Waals surface area contributed by atoms with E-state index in [1.807, 2.05) is 0 Å². The average molecular weight is 274 g/mol. The monoisotopic (exact) mass is 274 g/mol. The fourth-order valence-corrected chi connectivity index (χ4v) is 1.25. The first-order chi connectivity index (χ1) is 8.88. The summed E-state index contributed by atoms with van der Waals surface area (Å²) in [7, 11) is 0. The van der Waals surface area contributed by atoms with Crippen molar-refractivity contribution in [3.05, 3.63) is 29.3 Å². The molecule has 1 amide bonds. The topological polar surface area (TPSA) is 82.4 Å². The van der Waals surface area contributed by atoms with Crippen LogP contribution in [0.25, 0.3) is 0 Å². The molecule has 0 radical (unpaired) electrons. The van der Waals surface area contributed by atoms with Crippen LogP contribution in [0.1, 0.15) is 11.1 Å². The first-order valence-electron chi connectivity index (χ1n) is 5.04.